The van der Waals surface area contributed by atoms with Gasteiger partial charge in [-0.3, -0.25) is 10.1 Å². The van der Waals surface area contributed by atoms with Crippen molar-refractivity contribution in [1.82, 2.24) is 4.98 Å². The van der Waals surface area contributed by atoms with E-state index in [1.165, 1.54) is 6.07 Å². The Morgan fingerprint density at radius 3 is 2.87 bits per heavy atom. The molecule has 0 fully saturated rings. The van der Waals surface area contributed by atoms with Crippen LogP contribution in [0.5, 0.6) is 0 Å². The number of thioether (sulfide) groups is 1. The minimum atomic E-state index is -0.423. The fourth-order valence-electron chi connectivity index (χ4n) is 1.13. The molecule has 1 N–H and O–H groups in total. The van der Waals surface area contributed by atoms with Crippen LogP contribution in [0, 0.1) is 17.0 Å². The van der Waals surface area contributed by atoms with Gasteiger partial charge in [-0.1, -0.05) is 0 Å². The molecule has 0 saturated carbocycles. The molecule has 6 heteroatoms. The van der Waals surface area contributed by atoms with Gasteiger partial charge in [0.05, 0.1) is 4.92 Å². The largest absolute Gasteiger partial charge is 0.369 e. The molecule has 82 valence electrons. The van der Waals surface area contributed by atoms with Gasteiger partial charge in [0, 0.05) is 18.4 Å². The SMILES string of the molecule is CSCCNc1ccc([N+](=O)[O-])c(C)n1. The van der Waals surface area contributed by atoms with Crippen LogP contribution in [0.25, 0.3) is 0 Å². The van der Waals surface area contributed by atoms with Crippen molar-refractivity contribution in [1.29, 1.82) is 0 Å². The molecular formula is C9H13N3O2S. The molecule has 0 spiro atoms. The summed E-state index contributed by atoms with van der Waals surface area (Å²) in [4.78, 5) is 14.2. The van der Waals surface area contributed by atoms with E-state index in [0.29, 0.717) is 11.5 Å². The molecular weight excluding hydrogens is 214 g/mol. The Labute approximate surface area is 92.4 Å². The molecule has 0 unspecified atom stereocenters. The average molecular weight is 227 g/mol. The fourth-order valence-corrected chi connectivity index (χ4v) is 1.43. The van der Waals surface area contributed by atoms with Crippen molar-refractivity contribution in [3.8, 4) is 0 Å². The van der Waals surface area contributed by atoms with Gasteiger partial charge in [-0.05, 0) is 19.2 Å². The van der Waals surface area contributed by atoms with Crippen molar-refractivity contribution in [3.63, 3.8) is 0 Å². The maximum Gasteiger partial charge on any atom is 0.290 e. The molecule has 1 aromatic heterocycles. The van der Waals surface area contributed by atoms with Gasteiger partial charge in [-0.2, -0.15) is 11.8 Å². The molecule has 0 amide bonds. The van der Waals surface area contributed by atoms with Crippen molar-refractivity contribution < 1.29 is 4.92 Å². The summed E-state index contributed by atoms with van der Waals surface area (Å²) in [5.41, 5.74) is 0.500. The minimum absolute atomic E-state index is 0.0606. The first kappa shape index (κ1) is 11.8. The molecule has 5 nitrogen and oxygen atoms in total. The second kappa shape index (κ2) is 5.55. The molecule has 1 aromatic rings. The lowest BCUT2D eigenvalue weighted by atomic mass is 10.3. The Balaban J connectivity index is 2.69. The summed E-state index contributed by atoms with van der Waals surface area (Å²) in [7, 11) is 0. The monoisotopic (exact) mass is 227 g/mol. The number of anilines is 1. The maximum absolute atomic E-state index is 10.5. The van der Waals surface area contributed by atoms with Crippen molar-refractivity contribution in [3.05, 3.63) is 27.9 Å². The Kier molecular flexibility index (Phi) is 4.36. The number of pyridine rings is 1. The van der Waals surface area contributed by atoms with E-state index in [2.05, 4.69) is 10.3 Å². The molecule has 0 bridgehead atoms. The highest BCUT2D eigenvalue weighted by atomic mass is 32.2. The summed E-state index contributed by atoms with van der Waals surface area (Å²) in [5, 5.41) is 13.6. The zero-order chi connectivity index (χ0) is 11.3. The van der Waals surface area contributed by atoms with Gasteiger partial charge in [-0.15, -0.1) is 0 Å². The summed E-state index contributed by atoms with van der Waals surface area (Å²) < 4.78 is 0. The predicted molar refractivity (Wildman–Crippen MR) is 62.5 cm³/mol. The topological polar surface area (TPSA) is 68.1 Å². The number of hydrogen-bond donors (Lipinski definition) is 1. The van der Waals surface area contributed by atoms with E-state index in [-0.39, 0.29) is 5.69 Å². The first-order chi connectivity index (χ1) is 7.15. The van der Waals surface area contributed by atoms with Gasteiger partial charge < -0.3 is 5.32 Å². The van der Waals surface area contributed by atoms with Gasteiger partial charge in [-0.25, -0.2) is 4.98 Å². The summed E-state index contributed by atoms with van der Waals surface area (Å²) >= 11 is 1.73. The third-order valence-corrected chi connectivity index (χ3v) is 2.48. The van der Waals surface area contributed by atoms with E-state index < -0.39 is 4.92 Å². The number of nitrogens with zero attached hydrogens (tertiary/aromatic N) is 2. The van der Waals surface area contributed by atoms with E-state index in [9.17, 15) is 10.1 Å². The highest BCUT2D eigenvalue weighted by Gasteiger charge is 2.11. The van der Waals surface area contributed by atoms with Crippen LogP contribution in [0.4, 0.5) is 11.5 Å². The molecule has 1 rings (SSSR count). The lowest BCUT2D eigenvalue weighted by molar-refractivity contribution is -0.385. The summed E-state index contributed by atoms with van der Waals surface area (Å²) in [6, 6.07) is 3.11. The third kappa shape index (κ3) is 3.39. The first-order valence-corrected chi connectivity index (χ1v) is 5.89. The molecule has 0 aliphatic carbocycles. The fraction of sp³-hybridized carbons (Fsp3) is 0.444. The van der Waals surface area contributed by atoms with Crippen molar-refractivity contribution in [2.45, 2.75) is 6.92 Å². The molecule has 0 radical (unpaired) electrons. The Morgan fingerprint density at radius 2 is 2.33 bits per heavy atom. The predicted octanol–water partition coefficient (Wildman–Crippen LogP) is 2.07. The van der Waals surface area contributed by atoms with Crippen LogP contribution in [0.3, 0.4) is 0 Å². The Bertz CT molecular complexity index is 357. The van der Waals surface area contributed by atoms with Crippen molar-refractivity contribution >= 4 is 23.3 Å². The van der Waals surface area contributed by atoms with Crippen LogP contribution >= 0.6 is 11.8 Å². The molecule has 0 aliphatic heterocycles. The first-order valence-electron chi connectivity index (χ1n) is 4.50. The van der Waals surface area contributed by atoms with E-state index in [1.807, 2.05) is 6.26 Å². The van der Waals surface area contributed by atoms with Crippen LogP contribution in [0.1, 0.15) is 5.69 Å². The Morgan fingerprint density at radius 1 is 1.60 bits per heavy atom. The van der Waals surface area contributed by atoms with Crippen LogP contribution < -0.4 is 5.32 Å². The van der Waals surface area contributed by atoms with Crippen molar-refractivity contribution in [2.24, 2.45) is 0 Å². The molecule has 0 saturated heterocycles. The van der Waals surface area contributed by atoms with Crippen LogP contribution in [0.15, 0.2) is 12.1 Å². The van der Waals surface area contributed by atoms with Gasteiger partial charge in [0.15, 0.2) is 0 Å². The van der Waals surface area contributed by atoms with E-state index in [4.69, 9.17) is 0 Å². The standard InChI is InChI=1S/C9H13N3O2S/c1-7-8(12(13)14)3-4-9(11-7)10-5-6-15-2/h3-4H,5-6H2,1-2H3,(H,10,11). The molecule has 1 heterocycles. The van der Waals surface area contributed by atoms with Crippen LogP contribution in [-0.4, -0.2) is 28.5 Å². The minimum Gasteiger partial charge on any atom is -0.369 e. The average Bonchev–Trinajstić information content (AvgIpc) is 2.17. The van der Waals surface area contributed by atoms with Gasteiger partial charge in [0.2, 0.25) is 0 Å². The van der Waals surface area contributed by atoms with Crippen molar-refractivity contribution in [2.75, 3.05) is 23.9 Å². The summed E-state index contributed by atoms with van der Waals surface area (Å²) in [6.07, 6.45) is 2.02. The molecule has 15 heavy (non-hydrogen) atoms. The van der Waals surface area contributed by atoms with E-state index >= 15 is 0 Å². The lowest BCUT2D eigenvalue weighted by Crippen LogP contribution is -2.06. The molecule has 0 aliphatic rings. The normalized spacial score (nSPS) is 10.0. The smallest absolute Gasteiger partial charge is 0.290 e. The number of aromatic nitrogens is 1. The number of nitro groups is 1. The third-order valence-electron chi connectivity index (χ3n) is 1.87. The second-order valence-corrected chi connectivity index (χ2v) is 3.96. The zero-order valence-electron chi connectivity index (χ0n) is 8.69. The molecule has 0 aromatic carbocycles. The van der Waals surface area contributed by atoms with Crippen LogP contribution in [0.2, 0.25) is 0 Å². The summed E-state index contributed by atoms with van der Waals surface area (Å²) in [5.74, 6) is 1.67. The lowest BCUT2D eigenvalue weighted by Gasteiger charge is -2.04. The number of rotatable bonds is 5. The zero-order valence-corrected chi connectivity index (χ0v) is 9.50. The Hall–Kier alpha value is -1.30. The second-order valence-electron chi connectivity index (χ2n) is 2.98. The van der Waals surface area contributed by atoms with Gasteiger partial charge in [0.1, 0.15) is 11.5 Å². The van der Waals surface area contributed by atoms with E-state index in [1.54, 1.807) is 24.8 Å². The van der Waals surface area contributed by atoms with Gasteiger partial charge >= 0.3 is 0 Å². The number of hydrogen-bond acceptors (Lipinski definition) is 5. The molecule has 0 atom stereocenters. The highest BCUT2D eigenvalue weighted by molar-refractivity contribution is 7.98. The quantitative estimate of drug-likeness (QED) is 0.474. The van der Waals surface area contributed by atoms with Crippen LogP contribution in [-0.2, 0) is 0 Å². The summed E-state index contributed by atoms with van der Waals surface area (Å²) in [6.45, 7) is 2.45. The van der Waals surface area contributed by atoms with Gasteiger partial charge in [0.25, 0.3) is 5.69 Å². The number of aryl methyl sites for hydroxylation is 1. The number of nitrogens with one attached hydrogen (secondary N) is 1. The van der Waals surface area contributed by atoms with E-state index in [0.717, 1.165) is 12.3 Å². The highest BCUT2D eigenvalue weighted by Crippen LogP contribution is 2.17. The maximum atomic E-state index is 10.5.